The Hall–Kier alpha value is -2.64. The zero-order valence-electron chi connectivity index (χ0n) is 9.80. The highest BCUT2D eigenvalue weighted by molar-refractivity contribution is 6.01. The van der Waals surface area contributed by atoms with Gasteiger partial charge in [0.25, 0.3) is 11.7 Å². The fourth-order valence-corrected chi connectivity index (χ4v) is 1.36. The lowest BCUT2D eigenvalue weighted by Gasteiger charge is -2.09. The molecule has 0 radical (unpaired) electrons. The average molecular weight is 249 g/mol. The van der Waals surface area contributed by atoms with E-state index < -0.39 is 5.91 Å². The van der Waals surface area contributed by atoms with E-state index in [1.807, 2.05) is 0 Å². The van der Waals surface area contributed by atoms with Crippen molar-refractivity contribution in [1.29, 1.82) is 0 Å². The monoisotopic (exact) mass is 249 g/mol. The number of tetrazole rings is 1. The number of aromatic nitrogens is 4. The molecule has 0 aliphatic heterocycles. The molecule has 8 nitrogen and oxygen atoms in total. The van der Waals surface area contributed by atoms with E-state index in [9.17, 15) is 4.79 Å². The van der Waals surface area contributed by atoms with E-state index in [0.29, 0.717) is 17.2 Å². The number of nitrogens with one attached hydrogen (secondary N) is 2. The van der Waals surface area contributed by atoms with Gasteiger partial charge in [-0.3, -0.25) is 4.79 Å². The Bertz CT molecular complexity index is 540. The third-order valence-electron chi connectivity index (χ3n) is 2.19. The van der Waals surface area contributed by atoms with E-state index in [-0.39, 0.29) is 5.82 Å². The summed E-state index contributed by atoms with van der Waals surface area (Å²) in [6.45, 7) is 0. The lowest BCUT2D eigenvalue weighted by molar-refractivity contribution is 0.101. The summed E-state index contributed by atoms with van der Waals surface area (Å²) in [5.41, 5.74) is 0.544. The van der Waals surface area contributed by atoms with E-state index in [2.05, 4.69) is 25.9 Å². The molecule has 1 aromatic carbocycles. The van der Waals surface area contributed by atoms with Gasteiger partial charge in [0.1, 0.15) is 0 Å². The van der Waals surface area contributed by atoms with Crippen LogP contribution in [0.5, 0.6) is 11.5 Å². The van der Waals surface area contributed by atoms with Gasteiger partial charge in [-0.15, -0.1) is 10.2 Å². The van der Waals surface area contributed by atoms with Crippen molar-refractivity contribution < 1.29 is 14.3 Å². The summed E-state index contributed by atoms with van der Waals surface area (Å²) in [4.78, 5) is 11.7. The van der Waals surface area contributed by atoms with Crippen LogP contribution >= 0.6 is 0 Å². The van der Waals surface area contributed by atoms with Crippen LogP contribution in [-0.4, -0.2) is 40.8 Å². The number of aromatic amines is 1. The first kappa shape index (κ1) is 11.8. The van der Waals surface area contributed by atoms with Gasteiger partial charge < -0.3 is 14.8 Å². The van der Waals surface area contributed by atoms with Crippen molar-refractivity contribution in [3.8, 4) is 11.5 Å². The van der Waals surface area contributed by atoms with Gasteiger partial charge in [-0.05, 0) is 17.3 Å². The van der Waals surface area contributed by atoms with Crippen LogP contribution in [0.15, 0.2) is 18.2 Å². The van der Waals surface area contributed by atoms with Crippen LogP contribution in [0, 0.1) is 0 Å². The van der Waals surface area contributed by atoms with Crippen LogP contribution in [0.2, 0.25) is 0 Å². The van der Waals surface area contributed by atoms with Crippen LogP contribution in [-0.2, 0) is 0 Å². The van der Waals surface area contributed by atoms with Crippen LogP contribution < -0.4 is 14.8 Å². The maximum atomic E-state index is 11.7. The molecule has 0 saturated heterocycles. The first-order valence-electron chi connectivity index (χ1n) is 5.01. The summed E-state index contributed by atoms with van der Waals surface area (Å²) < 4.78 is 10.2. The molecule has 18 heavy (non-hydrogen) atoms. The molecule has 0 bridgehead atoms. The Morgan fingerprint density at radius 1 is 1.28 bits per heavy atom. The predicted molar refractivity (Wildman–Crippen MR) is 61.7 cm³/mol. The number of nitrogens with zero attached hydrogens (tertiary/aromatic N) is 3. The van der Waals surface area contributed by atoms with Crippen LogP contribution in [0.3, 0.4) is 0 Å². The number of amides is 1. The first-order chi connectivity index (χ1) is 8.74. The minimum absolute atomic E-state index is 0.0372. The van der Waals surface area contributed by atoms with Crippen molar-refractivity contribution in [2.45, 2.75) is 0 Å². The number of H-pyrrole nitrogens is 1. The Morgan fingerprint density at radius 2 is 2.06 bits per heavy atom. The van der Waals surface area contributed by atoms with E-state index in [4.69, 9.17) is 9.47 Å². The van der Waals surface area contributed by atoms with Crippen LogP contribution in [0.4, 0.5) is 5.69 Å². The summed E-state index contributed by atoms with van der Waals surface area (Å²) in [7, 11) is 3.05. The van der Waals surface area contributed by atoms with E-state index in [1.54, 1.807) is 18.2 Å². The maximum absolute atomic E-state index is 11.7. The van der Waals surface area contributed by atoms with Gasteiger partial charge in [-0.1, -0.05) is 0 Å². The van der Waals surface area contributed by atoms with E-state index in [0.717, 1.165) is 0 Å². The molecular weight excluding hydrogens is 238 g/mol. The number of anilines is 1. The van der Waals surface area contributed by atoms with E-state index >= 15 is 0 Å². The Kier molecular flexibility index (Phi) is 3.37. The number of benzene rings is 1. The van der Waals surface area contributed by atoms with Crippen molar-refractivity contribution >= 4 is 11.6 Å². The number of rotatable bonds is 4. The molecule has 0 unspecified atom stereocenters. The highest BCUT2D eigenvalue weighted by Crippen LogP contribution is 2.29. The minimum Gasteiger partial charge on any atom is -0.493 e. The second-order valence-electron chi connectivity index (χ2n) is 3.26. The van der Waals surface area contributed by atoms with Crippen molar-refractivity contribution in [2.24, 2.45) is 0 Å². The van der Waals surface area contributed by atoms with Crippen molar-refractivity contribution in [3.05, 3.63) is 24.0 Å². The minimum atomic E-state index is -0.462. The third kappa shape index (κ3) is 2.37. The highest BCUT2D eigenvalue weighted by atomic mass is 16.5. The summed E-state index contributed by atoms with van der Waals surface area (Å²) in [6, 6.07) is 5.00. The standard InChI is InChI=1S/C10H11N5O3/c1-17-7-4-3-6(5-8(7)18-2)11-10(16)9-12-14-15-13-9/h3-5H,1-2H3,(H,11,16)(H,12,13,14,15). The molecule has 0 fully saturated rings. The number of carbonyl (C=O) groups excluding carboxylic acids is 1. The van der Waals surface area contributed by atoms with Gasteiger partial charge in [-0.2, -0.15) is 5.21 Å². The number of carbonyl (C=O) groups is 1. The molecular formula is C10H11N5O3. The van der Waals surface area contributed by atoms with Crippen molar-refractivity contribution in [2.75, 3.05) is 19.5 Å². The molecule has 0 aliphatic rings. The smallest absolute Gasteiger partial charge is 0.297 e. The quantitative estimate of drug-likeness (QED) is 0.816. The zero-order valence-corrected chi connectivity index (χ0v) is 9.80. The molecule has 2 rings (SSSR count). The number of hydrogen-bond donors (Lipinski definition) is 2. The second kappa shape index (κ2) is 5.13. The fraction of sp³-hybridized carbons (Fsp3) is 0.200. The fourth-order valence-electron chi connectivity index (χ4n) is 1.36. The van der Waals surface area contributed by atoms with Gasteiger partial charge in [0, 0.05) is 11.8 Å². The first-order valence-corrected chi connectivity index (χ1v) is 5.01. The maximum Gasteiger partial charge on any atom is 0.297 e. The molecule has 0 spiro atoms. The zero-order chi connectivity index (χ0) is 13.0. The summed E-state index contributed by atoms with van der Waals surface area (Å²) in [6.07, 6.45) is 0. The number of ether oxygens (including phenoxy) is 2. The number of hydrogen-bond acceptors (Lipinski definition) is 6. The molecule has 0 saturated carbocycles. The Labute approximate surface area is 102 Å². The predicted octanol–water partition coefficient (Wildman–Crippen LogP) is 0.469. The molecule has 2 N–H and O–H groups in total. The third-order valence-corrected chi connectivity index (χ3v) is 2.19. The van der Waals surface area contributed by atoms with Gasteiger partial charge >= 0.3 is 0 Å². The largest absolute Gasteiger partial charge is 0.493 e. The molecule has 2 aromatic rings. The molecule has 0 aliphatic carbocycles. The van der Waals surface area contributed by atoms with E-state index in [1.165, 1.54) is 14.2 Å². The Balaban J connectivity index is 2.17. The van der Waals surface area contributed by atoms with Gasteiger partial charge in [0.2, 0.25) is 0 Å². The molecule has 8 heteroatoms. The van der Waals surface area contributed by atoms with Gasteiger partial charge in [0.05, 0.1) is 14.2 Å². The van der Waals surface area contributed by atoms with Crippen molar-refractivity contribution in [3.63, 3.8) is 0 Å². The summed E-state index contributed by atoms with van der Waals surface area (Å²) in [5.74, 6) is 0.597. The topological polar surface area (TPSA) is 102 Å². The normalized spacial score (nSPS) is 9.89. The molecule has 94 valence electrons. The Morgan fingerprint density at radius 3 is 2.67 bits per heavy atom. The van der Waals surface area contributed by atoms with Gasteiger partial charge in [0.15, 0.2) is 11.5 Å². The summed E-state index contributed by atoms with van der Waals surface area (Å²) in [5, 5.41) is 15.3. The highest BCUT2D eigenvalue weighted by Gasteiger charge is 2.12. The van der Waals surface area contributed by atoms with Crippen LogP contribution in [0.1, 0.15) is 10.6 Å². The van der Waals surface area contributed by atoms with Crippen molar-refractivity contribution in [1.82, 2.24) is 20.6 Å². The molecule has 1 aromatic heterocycles. The number of methoxy groups -OCH3 is 2. The molecule has 1 amide bonds. The van der Waals surface area contributed by atoms with Gasteiger partial charge in [-0.25, -0.2) is 0 Å². The lowest BCUT2D eigenvalue weighted by atomic mass is 10.2. The SMILES string of the molecule is COc1ccc(NC(=O)c2nn[nH]n2)cc1OC. The second-order valence-corrected chi connectivity index (χ2v) is 3.26. The lowest BCUT2D eigenvalue weighted by Crippen LogP contribution is -2.13. The average Bonchev–Trinajstić information content (AvgIpc) is 2.92. The van der Waals surface area contributed by atoms with Crippen LogP contribution in [0.25, 0.3) is 0 Å². The molecule has 0 atom stereocenters. The summed E-state index contributed by atoms with van der Waals surface area (Å²) >= 11 is 0. The molecule has 1 heterocycles.